The normalized spacial score (nSPS) is 12.8. The zero-order valence-corrected chi connectivity index (χ0v) is 12.4. The summed E-state index contributed by atoms with van der Waals surface area (Å²) in [5.41, 5.74) is -0.592. The molecule has 2 rings (SSSR count). The van der Waals surface area contributed by atoms with Gasteiger partial charge in [0.05, 0.1) is 22.9 Å². The smallest absolute Gasteiger partial charge is 0.416 e. The number of rotatable bonds is 3. The lowest BCUT2D eigenvalue weighted by Crippen LogP contribution is -2.09. The molecule has 0 bridgehead atoms. The van der Waals surface area contributed by atoms with Gasteiger partial charge in [0.25, 0.3) is 0 Å². The number of benzene rings is 1. The largest absolute Gasteiger partial charge is 0.452 e. The van der Waals surface area contributed by atoms with Crippen molar-refractivity contribution in [3.63, 3.8) is 0 Å². The summed E-state index contributed by atoms with van der Waals surface area (Å²) in [4.78, 5) is 0. The van der Waals surface area contributed by atoms with E-state index in [2.05, 4.69) is 21.2 Å². The van der Waals surface area contributed by atoms with Crippen LogP contribution in [0.1, 0.15) is 29.9 Å². The molecule has 0 radical (unpaired) electrons. The van der Waals surface area contributed by atoms with Gasteiger partial charge in [-0.05, 0) is 53.2 Å². The summed E-state index contributed by atoms with van der Waals surface area (Å²) < 4.78 is 43.8. The second kappa shape index (κ2) is 5.82. The van der Waals surface area contributed by atoms with Crippen LogP contribution in [0.25, 0.3) is 0 Å². The van der Waals surface area contributed by atoms with Gasteiger partial charge in [0.2, 0.25) is 0 Å². The molecule has 1 atom stereocenters. The lowest BCUT2D eigenvalue weighted by atomic mass is 10.1. The molecule has 0 saturated carbocycles. The monoisotopic (exact) mass is 358 g/mol. The van der Waals surface area contributed by atoms with Crippen molar-refractivity contribution >= 4 is 21.6 Å². The van der Waals surface area contributed by atoms with Crippen molar-refractivity contribution in [1.29, 1.82) is 5.26 Å². The van der Waals surface area contributed by atoms with E-state index in [1.165, 1.54) is 6.07 Å². The first-order valence-corrected chi connectivity index (χ1v) is 6.73. The maximum Gasteiger partial charge on any atom is 0.416 e. The molecular weight excluding hydrogens is 349 g/mol. The lowest BCUT2D eigenvalue weighted by molar-refractivity contribution is -0.137. The Labute approximate surface area is 127 Å². The van der Waals surface area contributed by atoms with E-state index < -0.39 is 11.7 Å². The van der Waals surface area contributed by atoms with E-state index in [0.29, 0.717) is 16.1 Å². The van der Waals surface area contributed by atoms with Crippen molar-refractivity contribution in [3.05, 3.63) is 51.9 Å². The van der Waals surface area contributed by atoms with E-state index in [1.54, 1.807) is 25.1 Å². The first-order valence-electron chi connectivity index (χ1n) is 5.94. The van der Waals surface area contributed by atoms with Crippen molar-refractivity contribution in [1.82, 2.24) is 0 Å². The molecule has 3 nitrogen and oxygen atoms in total. The third kappa shape index (κ3) is 3.58. The van der Waals surface area contributed by atoms with Crippen molar-refractivity contribution in [2.24, 2.45) is 0 Å². The van der Waals surface area contributed by atoms with Crippen molar-refractivity contribution in [3.8, 4) is 6.07 Å². The highest BCUT2D eigenvalue weighted by atomic mass is 79.9. The third-order valence-corrected chi connectivity index (χ3v) is 3.29. The highest BCUT2D eigenvalue weighted by molar-refractivity contribution is 9.10. The van der Waals surface area contributed by atoms with Crippen LogP contribution in [-0.4, -0.2) is 0 Å². The Balaban J connectivity index is 2.26. The standard InChI is InChI=1S/C14H10BrF3N2O/c1-8(12-4-5-13(15)21-12)20-11-3-2-10(14(16,17)18)6-9(11)7-19/h2-6,8,20H,1H3. The molecule has 0 aliphatic heterocycles. The molecule has 1 heterocycles. The molecule has 7 heteroatoms. The van der Waals surface area contributed by atoms with Crippen LogP contribution in [0.4, 0.5) is 18.9 Å². The highest BCUT2D eigenvalue weighted by Gasteiger charge is 2.31. The van der Waals surface area contributed by atoms with Gasteiger partial charge in [-0.2, -0.15) is 18.4 Å². The first-order chi connectivity index (χ1) is 9.81. The minimum Gasteiger partial charge on any atom is -0.452 e. The van der Waals surface area contributed by atoms with Crippen LogP contribution in [0, 0.1) is 11.3 Å². The summed E-state index contributed by atoms with van der Waals surface area (Å²) in [5.74, 6) is 0.602. The van der Waals surface area contributed by atoms with Crippen LogP contribution in [0.5, 0.6) is 0 Å². The Morgan fingerprint density at radius 1 is 1.29 bits per heavy atom. The van der Waals surface area contributed by atoms with Crippen LogP contribution >= 0.6 is 15.9 Å². The van der Waals surface area contributed by atoms with Gasteiger partial charge in [-0.3, -0.25) is 0 Å². The summed E-state index contributed by atoms with van der Waals surface area (Å²) in [7, 11) is 0. The molecule has 1 aromatic heterocycles. The molecule has 110 valence electrons. The number of halogens is 4. The Kier molecular flexibility index (Phi) is 4.28. The molecule has 0 fully saturated rings. The maximum atomic E-state index is 12.6. The number of nitriles is 1. The maximum absolute atomic E-state index is 12.6. The van der Waals surface area contributed by atoms with Crippen molar-refractivity contribution < 1.29 is 17.6 Å². The zero-order valence-electron chi connectivity index (χ0n) is 10.8. The van der Waals surface area contributed by atoms with E-state index in [-0.39, 0.29) is 11.6 Å². The van der Waals surface area contributed by atoms with Gasteiger partial charge in [0.15, 0.2) is 4.67 Å². The highest BCUT2D eigenvalue weighted by Crippen LogP contribution is 2.33. The average molecular weight is 359 g/mol. The number of nitrogens with one attached hydrogen (secondary N) is 1. The van der Waals surface area contributed by atoms with E-state index in [4.69, 9.17) is 9.68 Å². The zero-order chi connectivity index (χ0) is 15.6. The number of anilines is 1. The molecule has 0 spiro atoms. The third-order valence-electron chi connectivity index (χ3n) is 2.86. The fraction of sp³-hybridized carbons (Fsp3) is 0.214. The average Bonchev–Trinajstić information content (AvgIpc) is 2.84. The molecule has 1 N–H and O–H groups in total. The molecule has 0 amide bonds. The van der Waals surface area contributed by atoms with E-state index in [0.717, 1.165) is 12.1 Å². The predicted octanol–water partition coefficient (Wildman–Crippen LogP) is 5.11. The van der Waals surface area contributed by atoms with Gasteiger partial charge in [0, 0.05) is 0 Å². The van der Waals surface area contributed by atoms with Gasteiger partial charge in [-0.15, -0.1) is 0 Å². The van der Waals surface area contributed by atoms with Crippen molar-refractivity contribution in [2.45, 2.75) is 19.1 Å². The summed E-state index contributed by atoms with van der Waals surface area (Å²) in [6.07, 6.45) is -4.47. The summed E-state index contributed by atoms with van der Waals surface area (Å²) in [5, 5.41) is 12.0. The lowest BCUT2D eigenvalue weighted by Gasteiger charge is -2.15. The number of hydrogen-bond acceptors (Lipinski definition) is 3. The predicted molar refractivity (Wildman–Crippen MR) is 74.6 cm³/mol. The van der Waals surface area contributed by atoms with E-state index >= 15 is 0 Å². The van der Waals surface area contributed by atoms with Crippen LogP contribution in [0.2, 0.25) is 0 Å². The van der Waals surface area contributed by atoms with Crippen LogP contribution in [-0.2, 0) is 6.18 Å². The van der Waals surface area contributed by atoms with Gasteiger partial charge >= 0.3 is 6.18 Å². The number of alkyl halides is 3. The Hall–Kier alpha value is -1.94. The molecule has 0 aliphatic carbocycles. The van der Waals surface area contributed by atoms with Gasteiger partial charge < -0.3 is 9.73 Å². The molecule has 21 heavy (non-hydrogen) atoms. The Bertz CT molecular complexity index is 688. The van der Waals surface area contributed by atoms with Gasteiger partial charge in [0.1, 0.15) is 11.8 Å². The van der Waals surface area contributed by atoms with E-state index in [1.807, 2.05) is 0 Å². The van der Waals surface area contributed by atoms with E-state index in [9.17, 15) is 13.2 Å². The number of hydrogen-bond donors (Lipinski definition) is 1. The molecule has 0 saturated heterocycles. The van der Waals surface area contributed by atoms with Gasteiger partial charge in [-0.25, -0.2) is 0 Å². The van der Waals surface area contributed by atoms with Crippen molar-refractivity contribution in [2.75, 3.05) is 5.32 Å². The van der Waals surface area contributed by atoms with Crippen LogP contribution < -0.4 is 5.32 Å². The molecule has 0 aliphatic rings. The molecular formula is C14H10BrF3N2O. The second-order valence-corrected chi connectivity index (χ2v) is 5.16. The summed E-state index contributed by atoms with van der Waals surface area (Å²) in [6, 6.07) is 7.93. The number of nitrogens with zero attached hydrogens (tertiary/aromatic N) is 1. The summed E-state index contributed by atoms with van der Waals surface area (Å²) >= 11 is 3.17. The summed E-state index contributed by atoms with van der Waals surface area (Å²) in [6.45, 7) is 1.78. The number of furan rings is 1. The Morgan fingerprint density at radius 3 is 2.52 bits per heavy atom. The van der Waals surface area contributed by atoms with Crippen LogP contribution in [0.15, 0.2) is 39.4 Å². The fourth-order valence-corrected chi connectivity index (χ4v) is 2.12. The first kappa shape index (κ1) is 15.4. The van der Waals surface area contributed by atoms with Gasteiger partial charge in [-0.1, -0.05) is 0 Å². The minimum atomic E-state index is -4.47. The topological polar surface area (TPSA) is 49.0 Å². The molecule has 1 aromatic carbocycles. The molecule has 2 aromatic rings. The minimum absolute atomic E-state index is 0.0673. The SMILES string of the molecule is CC(Nc1ccc(C(F)(F)F)cc1C#N)c1ccc(Br)o1. The molecule has 1 unspecified atom stereocenters. The Morgan fingerprint density at radius 2 is 2.00 bits per heavy atom. The van der Waals surface area contributed by atoms with Crippen LogP contribution in [0.3, 0.4) is 0 Å². The fourth-order valence-electron chi connectivity index (χ4n) is 1.80. The second-order valence-electron chi connectivity index (χ2n) is 4.38. The quantitative estimate of drug-likeness (QED) is 0.829.